The minimum absolute atomic E-state index is 0.596. The fourth-order valence-electron chi connectivity index (χ4n) is 9.35. The molecule has 2 aliphatic rings. The molecule has 10 aromatic rings. The number of rotatable bonds is 5. The van der Waals surface area contributed by atoms with Gasteiger partial charge in [-0.3, -0.25) is 4.98 Å². The molecule has 0 saturated heterocycles. The van der Waals surface area contributed by atoms with Crippen LogP contribution in [0.2, 0.25) is 0 Å². The van der Waals surface area contributed by atoms with E-state index in [0.717, 1.165) is 44.5 Å². The zero-order valence-corrected chi connectivity index (χ0v) is 33.1. The molecule has 4 nitrogen and oxygen atoms in total. The first kappa shape index (κ1) is 34.6. The van der Waals surface area contributed by atoms with Crippen LogP contribution in [0.3, 0.4) is 0 Å². The molecule has 0 bridgehead atoms. The normalized spacial score (nSPS) is 13.1. The molecule has 1 aliphatic carbocycles. The topological polar surface area (TPSA) is 51.6 Å². The van der Waals surface area contributed by atoms with Crippen molar-refractivity contribution in [3.8, 4) is 67.7 Å². The van der Waals surface area contributed by atoms with Crippen LogP contribution in [0.4, 0.5) is 0 Å². The largest absolute Gasteiger partial charge is 0.256 e. The van der Waals surface area contributed by atoms with Gasteiger partial charge in [0.15, 0.2) is 17.5 Å². The quantitative estimate of drug-likeness (QED) is 0.174. The summed E-state index contributed by atoms with van der Waals surface area (Å²) < 4.78 is 0. The van der Waals surface area contributed by atoms with E-state index >= 15 is 0 Å². The van der Waals surface area contributed by atoms with Gasteiger partial charge in [0.1, 0.15) is 0 Å². The van der Waals surface area contributed by atoms with Crippen LogP contribution in [0.15, 0.2) is 216 Å². The van der Waals surface area contributed by atoms with Crippen molar-refractivity contribution >= 4 is 22.5 Å². The van der Waals surface area contributed by atoms with Crippen LogP contribution >= 0.6 is 11.8 Å². The Morgan fingerprint density at radius 2 is 0.850 bits per heavy atom. The van der Waals surface area contributed by atoms with Gasteiger partial charge >= 0.3 is 0 Å². The number of hydrogen-bond donors (Lipinski definition) is 0. The summed E-state index contributed by atoms with van der Waals surface area (Å²) in [6.07, 6.45) is 1.91. The molecule has 8 aromatic carbocycles. The van der Waals surface area contributed by atoms with Crippen LogP contribution in [0, 0.1) is 0 Å². The Kier molecular flexibility index (Phi) is 7.97. The van der Waals surface area contributed by atoms with Crippen LogP contribution in [0.5, 0.6) is 0 Å². The van der Waals surface area contributed by atoms with Gasteiger partial charge in [-0.2, -0.15) is 0 Å². The highest BCUT2D eigenvalue weighted by molar-refractivity contribution is 7.99. The van der Waals surface area contributed by atoms with Crippen LogP contribution in [0.1, 0.15) is 22.3 Å². The molecule has 0 radical (unpaired) electrons. The summed E-state index contributed by atoms with van der Waals surface area (Å²) in [6.45, 7) is 0. The van der Waals surface area contributed by atoms with Crippen molar-refractivity contribution in [2.24, 2.45) is 0 Å². The summed E-state index contributed by atoms with van der Waals surface area (Å²) in [5.74, 6) is 1.93. The second-order valence-electron chi connectivity index (χ2n) is 15.4. The molecular weight excluding hydrogens is 749 g/mol. The summed E-state index contributed by atoms with van der Waals surface area (Å²) in [6, 6.07) is 71.5. The highest BCUT2D eigenvalue weighted by atomic mass is 32.2. The number of fused-ring (bicyclic) bond motifs is 10. The molecule has 3 heterocycles. The van der Waals surface area contributed by atoms with E-state index < -0.39 is 5.41 Å². The number of pyridine rings is 1. The minimum atomic E-state index is -0.596. The van der Waals surface area contributed by atoms with Crippen molar-refractivity contribution < 1.29 is 0 Å². The molecule has 0 unspecified atom stereocenters. The average Bonchev–Trinajstić information content (AvgIpc) is 3.61. The molecule has 0 saturated carbocycles. The van der Waals surface area contributed by atoms with Crippen LogP contribution in [-0.2, 0) is 5.41 Å². The number of benzene rings is 8. The molecule has 12 rings (SSSR count). The first-order valence-corrected chi connectivity index (χ1v) is 21.0. The lowest BCUT2D eigenvalue weighted by Gasteiger charge is -2.39. The van der Waals surface area contributed by atoms with E-state index in [0.29, 0.717) is 17.5 Å². The van der Waals surface area contributed by atoms with Gasteiger partial charge in [0, 0.05) is 43.6 Å². The molecule has 0 N–H and O–H groups in total. The van der Waals surface area contributed by atoms with Crippen molar-refractivity contribution in [3.63, 3.8) is 0 Å². The maximum absolute atomic E-state index is 5.17. The zero-order valence-electron chi connectivity index (χ0n) is 32.3. The predicted octanol–water partition coefficient (Wildman–Crippen LogP) is 13.6. The fourth-order valence-corrected chi connectivity index (χ4v) is 10.5. The van der Waals surface area contributed by atoms with E-state index in [1.165, 1.54) is 48.6 Å². The van der Waals surface area contributed by atoms with Gasteiger partial charge in [-0.1, -0.05) is 176 Å². The van der Waals surface area contributed by atoms with Crippen LogP contribution < -0.4 is 0 Å². The lowest BCUT2D eigenvalue weighted by Crippen LogP contribution is -2.32. The van der Waals surface area contributed by atoms with Gasteiger partial charge in [0.05, 0.1) is 11.1 Å². The summed E-state index contributed by atoms with van der Waals surface area (Å²) in [4.78, 5) is 22.7. The summed E-state index contributed by atoms with van der Waals surface area (Å²) in [5.41, 5.74) is 14.1. The maximum Gasteiger partial charge on any atom is 0.164 e. The molecule has 60 heavy (non-hydrogen) atoms. The Morgan fingerprint density at radius 3 is 1.52 bits per heavy atom. The first-order valence-electron chi connectivity index (χ1n) is 20.2. The Labute approximate surface area is 352 Å². The van der Waals surface area contributed by atoms with Gasteiger partial charge in [0.2, 0.25) is 0 Å². The molecule has 2 aromatic heterocycles. The SMILES string of the molecule is c1ccc(-c2nc(-c3ccccc3)nc(-c3ccc4c(c3)C3(c5ccccc5Sc5ccccc53)c3cc(-c5cccc(-c6nccc7ccccc67)c5)ccc3-4)n2)cc1. The molecule has 0 amide bonds. The van der Waals surface area contributed by atoms with Crippen molar-refractivity contribution in [2.45, 2.75) is 15.2 Å². The third kappa shape index (κ3) is 5.40. The third-order valence-electron chi connectivity index (χ3n) is 12.0. The van der Waals surface area contributed by atoms with Crippen molar-refractivity contribution in [1.82, 2.24) is 19.9 Å². The molecular formula is C55H34N4S. The molecule has 0 fully saturated rings. The van der Waals surface area contributed by atoms with Gasteiger partial charge in [-0.25, -0.2) is 15.0 Å². The van der Waals surface area contributed by atoms with E-state index in [2.05, 4.69) is 164 Å². The lowest BCUT2D eigenvalue weighted by molar-refractivity contribution is 0.722. The first-order chi connectivity index (χ1) is 29.7. The third-order valence-corrected chi connectivity index (χ3v) is 13.2. The highest BCUT2D eigenvalue weighted by Gasteiger charge is 2.50. The zero-order chi connectivity index (χ0) is 39.6. The molecule has 280 valence electrons. The smallest absolute Gasteiger partial charge is 0.164 e. The highest BCUT2D eigenvalue weighted by Crippen LogP contribution is 2.63. The average molecular weight is 783 g/mol. The maximum atomic E-state index is 5.17. The van der Waals surface area contributed by atoms with E-state index in [1.54, 1.807) is 0 Å². The molecule has 1 aliphatic heterocycles. The van der Waals surface area contributed by atoms with Crippen molar-refractivity contribution in [3.05, 3.63) is 229 Å². The number of aromatic nitrogens is 4. The number of hydrogen-bond acceptors (Lipinski definition) is 5. The predicted molar refractivity (Wildman–Crippen MR) is 244 cm³/mol. The second-order valence-corrected chi connectivity index (χ2v) is 16.4. The molecule has 1 spiro atoms. The summed E-state index contributed by atoms with van der Waals surface area (Å²) in [7, 11) is 0. The summed E-state index contributed by atoms with van der Waals surface area (Å²) >= 11 is 1.85. The minimum Gasteiger partial charge on any atom is -0.256 e. The van der Waals surface area contributed by atoms with Crippen molar-refractivity contribution in [2.75, 3.05) is 0 Å². The monoisotopic (exact) mass is 782 g/mol. The Hall–Kier alpha value is -7.47. The van der Waals surface area contributed by atoms with Gasteiger partial charge in [0.25, 0.3) is 0 Å². The van der Waals surface area contributed by atoms with Gasteiger partial charge < -0.3 is 0 Å². The van der Waals surface area contributed by atoms with E-state index in [1.807, 2.05) is 54.4 Å². The fraction of sp³-hybridized carbons (Fsp3) is 0.0182. The standard InChI is InChI=1S/C55H34N4S/c1-3-15-36(16-4-1)52-57-53(37-17-5-2-6-18-37)59-54(58-52)41-27-29-44-43-28-26-39(38-19-13-20-40(32-38)51-42-21-8-7-14-35(42)30-31-56-51)33-47(43)55(48(44)34-41)45-22-9-11-24-49(45)60-50-25-12-10-23-46(50)55/h1-34H. The van der Waals surface area contributed by atoms with E-state index in [9.17, 15) is 0 Å². The Balaban J connectivity index is 1.09. The van der Waals surface area contributed by atoms with E-state index in [4.69, 9.17) is 19.9 Å². The second kappa shape index (κ2) is 13.8. The summed E-state index contributed by atoms with van der Waals surface area (Å²) in [5, 5.41) is 2.33. The van der Waals surface area contributed by atoms with E-state index in [-0.39, 0.29) is 0 Å². The van der Waals surface area contributed by atoms with Crippen LogP contribution in [-0.4, -0.2) is 19.9 Å². The van der Waals surface area contributed by atoms with Gasteiger partial charge in [-0.15, -0.1) is 0 Å². The van der Waals surface area contributed by atoms with Gasteiger partial charge in [-0.05, 0) is 86.3 Å². The lowest BCUT2D eigenvalue weighted by atomic mass is 9.67. The van der Waals surface area contributed by atoms with Crippen molar-refractivity contribution in [1.29, 1.82) is 0 Å². The number of nitrogens with zero attached hydrogens (tertiary/aromatic N) is 4. The molecule has 0 atom stereocenters. The molecule has 5 heteroatoms. The van der Waals surface area contributed by atoms with Crippen LogP contribution in [0.25, 0.3) is 78.4 Å². The Morgan fingerprint density at radius 1 is 0.350 bits per heavy atom. The Bertz CT molecular complexity index is 3200.